The van der Waals surface area contributed by atoms with E-state index in [-0.39, 0.29) is 17.9 Å². The van der Waals surface area contributed by atoms with Gasteiger partial charge in [-0.25, -0.2) is 0 Å². The van der Waals surface area contributed by atoms with E-state index in [1.807, 2.05) is 69.8 Å². The number of hydrogen-bond acceptors (Lipinski definition) is 7. The summed E-state index contributed by atoms with van der Waals surface area (Å²) in [4.78, 5) is 30.2. The van der Waals surface area contributed by atoms with Gasteiger partial charge in [-0.1, -0.05) is 55.8 Å². The molecular formula is C34H41N5O4S. The molecule has 2 aromatic carbocycles. The molecule has 0 spiro atoms. The van der Waals surface area contributed by atoms with Gasteiger partial charge in [-0.05, 0) is 68.1 Å². The average Bonchev–Trinajstić information content (AvgIpc) is 3.73. The Balaban J connectivity index is 1.13. The number of piperazine rings is 1. The second-order valence-electron chi connectivity index (χ2n) is 11.1. The number of carbonyl (C=O) groups excluding carboxylic acids is 2. The quantitative estimate of drug-likeness (QED) is 0.125. The number of carbonyl (C=O) groups is 2. The zero-order valence-corrected chi connectivity index (χ0v) is 26.6. The maximum absolute atomic E-state index is 13.2. The normalized spacial score (nSPS) is 15.0. The smallest absolute Gasteiger partial charge is 0.254 e. The average molecular weight is 616 g/mol. The van der Waals surface area contributed by atoms with E-state index in [9.17, 15) is 9.59 Å². The van der Waals surface area contributed by atoms with Crippen LogP contribution >= 0.6 is 11.8 Å². The van der Waals surface area contributed by atoms with Crippen molar-refractivity contribution in [2.24, 2.45) is 0 Å². The second-order valence-corrected chi connectivity index (χ2v) is 12.1. The number of thioether (sulfide) groups is 1. The van der Waals surface area contributed by atoms with Crippen LogP contribution in [-0.2, 0) is 11.2 Å². The number of unbranched alkanes of at least 4 members (excludes halogenated alkanes) is 2. The highest BCUT2D eigenvalue weighted by Gasteiger charge is 2.30. The highest BCUT2D eigenvalue weighted by molar-refractivity contribution is 7.99. The van der Waals surface area contributed by atoms with Crippen LogP contribution in [0.3, 0.4) is 0 Å². The molecule has 3 heterocycles. The number of rotatable bonds is 13. The predicted octanol–water partition coefficient (Wildman–Crippen LogP) is 6.51. The molecule has 10 heteroatoms. The van der Waals surface area contributed by atoms with E-state index in [0.717, 1.165) is 12.1 Å². The zero-order chi connectivity index (χ0) is 30.9. The first-order valence-corrected chi connectivity index (χ1v) is 16.4. The maximum Gasteiger partial charge on any atom is 0.254 e. The third kappa shape index (κ3) is 7.35. The molecule has 1 unspecified atom stereocenters. The molecule has 0 radical (unpaired) electrons. The fraction of sp³-hybridized carbons (Fsp3) is 0.412. The molecule has 0 bridgehead atoms. The van der Waals surface area contributed by atoms with Gasteiger partial charge >= 0.3 is 0 Å². The summed E-state index contributed by atoms with van der Waals surface area (Å²) in [5.41, 5.74) is 2.80. The number of hydrogen-bond donors (Lipinski definition) is 0. The summed E-state index contributed by atoms with van der Waals surface area (Å²) in [7, 11) is 1.64. The third-order valence-electron chi connectivity index (χ3n) is 7.98. The van der Waals surface area contributed by atoms with Gasteiger partial charge in [-0.3, -0.25) is 14.2 Å². The third-order valence-corrected chi connectivity index (χ3v) is 8.99. The van der Waals surface area contributed by atoms with Gasteiger partial charge < -0.3 is 19.0 Å². The first-order chi connectivity index (χ1) is 21.5. The maximum atomic E-state index is 13.2. The van der Waals surface area contributed by atoms with E-state index in [2.05, 4.69) is 29.3 Å². The van der Waals surface area contributed by atoms with Crippen molar-refractivity contribution >= 4 is 23.6 Å². The molecule has 5 rings (SSSR count). The largest absolute Gasteiger partial charge is 0.495 e. The van der Waals surface area contributed by atoms with E-state index >= 15 is 0 Å². The van der Waals surface area contributed by atoms with Gasteiger partial charge in [0, 0.05) is 43.4 Å². The second kappa shape index (κ2) is 15.1. The lowest BCUT2D eigenvalue weighted by Gasteiger charge is -2.40. The zero-order valence-electron chi connectivity index (χ0n) is 25.8. The van der Waals surface area contributed by atoms with E-state index in [1.165, 1.54) is 24.8 Å². The molecule has 1 aliphatic heterocycles. The number of furan rings is 1. The lowest BCUT2D eigenvalue weighted by molar-refractivity contribution is -0.133. The molecule has 0 aliphatic carbocycles. The Hall–Kier alpha value is -4.05. The number of aromatic nitrogens is 3. The molecule has 1 aliphatic rings. The molecule has 2 amide bonds. The van der Waals surface area contributed by atoms with Crippen molar-refractivity contribution in [2.45, 2.75) is 63.6 Å². The summed E-state index contributed by atoms with van der Waals surface area (Å²) in [6.45, 7) is 5.85. The lowest BCUT2D eigenvalue weighted by atomic mass is 10.0. The van der Waals surface area contributed by atoms with Crippen LogP contribution in [-0.4, -0.2) is 74.9 Å². The van der Waals surface area contributed by atoms with Crippen molar-refractivity contribution in [3.63, 3.8) is 0 Å². The van der Waals surface area contributed by atoms with Crippen molar-refractivity contribution in [1.82, 2.24) is 24.6 Å². The number of para-hydroxylation sites is 2. The van der Waals surface area contributed by atoms with Crippen LogP contribution in [0.5, 0.6) is 5.75 Å². The van der Waals surface area contributed by atoms with Crippen molar-refractivity contribution in [3.8, 4) is 23.0 Å². The SMILES string of the molecule is CCCCCc1ccc(C(=O)N2CCN(C(=O)CCCSc3nnc(-c4ccco4)n3-c3ccccc3OC)CC2C)cc1. The summed E-state index contributed by atoms with van der Waals surface area (Å²) >= 11 is 1.54. The minimum Gasteiger partial charge on any atom is -0.495 e. The summed E-state index contributed by atoms with van der Waals surface area (Å²) in [5.74, 6) is 2.74. The van der Waals surface area contributed by atoms with Crippen LogP contribution in [0.4, 0.5) is 0 Å². The fourth-order valence-electron chi connectivity index (χ4n) is 5.55. The van der Waals surface area contributed by atoms with Crippen LogP contribution < -0.4 is 4.74 Å². The molecule has 1 saturated heterocycles. The van der Waals surface area contributed by atoms with E-state index in [1.54, 1.807) is 25.1 Å². The molecule has 0 N–H and O–H groups in total. The summed E-state index contributed by atoms with van der Waals surface area (Å²) < 4.78 is 13.2. The van der Waals surface area contributed by atoms with Crippen LogP contribution in [0.25, 0.3) is 17.3 Å². The minimum atomic E-state index is -0.0433. The molecule has 44 heavy (non-hydrogen) atoms. The molecule has 9 nitrogen and oxygen atoms in total. The highest BCUT2D eigenvalue weighted by atomic mass is 32.2. The number of ether oxygens (including phenoxy) is 1. The Morgan fingerprint density at radius 2 is 1.82 bits per heavy atom. The van der Waals surface area contributed by atoms with Crippen molar-refractivity contribution in [1.29, 1.82) is 0 Å². The number of aryl methyl sites for hydroxylation is 1. The number of methoxy groups -OCH3 is 1. The molecule has 232 valence electrons. The molecule has 2 aromatic heterocycles. The predicted molar refractivity (Wildman–Crippen MR) is 172 cm³/mol. The Kier molecular flexibility index (Phi) is 10.8. The summed E-state index contributed by atoms with van der Waals surface area (Å²) in [6, 6.07) is 19.4. The lowest BCUT2D eigenvalue weighted by Crippen LogP contribution is -2.55. The topological polar surface area (TPSA) is 93.7 Å². The molecule has 0 saturated carbocycles. The number of nitrogens with zero attached hydrogens (tertiary/aromatic N) is 5. The van der Waals surface area contributed by atoms with Crippen molar-refractivity contribution < 1.29 is 18.7 Å². The number of benzene rings is 2. The van der Waals surface area contributed by atoms with Gasteiger partial charge in [0.05, 0.1) is 19.1 Å². The van der Waals surface area contributed by atoms with Crippen LogP contribution in [0.1, 0.15) is 61.9 Å². The monoisotopic (exact) mass is 615 g/mol. The van der Waals surface area contributed by atoms with Gasteiger partial charge in [-0.2, -0.15) is 0 Å². The standard InChI is InChI=1S/C34H41N5O4S/c1-4-5-6-11-26-16-18-27(19-17-26)33(41)38-21-20-37(24-25(38)2)31(40)15-10-23-44-34-36-35-32(30-14-9-22-43-30)39(34)28-12-7-8-13-29(28)42-3/h7-9,12-14,16-19,22,25H,4-6,10-11,15,20-21,23-24H2,1-3H3. The van der Waals surface area contributed by atoms with Gasteiger partial charge in [0.1, 0.15) is 5.75 Å². The number of amides is 2. The first-order valence-electron chi connectivity index (χ1n) is 15.4. The Bertz CT molecular complexity index is 1520. The summed E-state index contributed by atoms with van der Waals surface area (Å²) in [5, 5.41) is 9.54. The van der Waals surface area contributed by atoms with Crippen molar-refractivity contribution in [2.75, 3.05) is 32.5 Å². The first kappa shape index (κ1) is 31.4. The molecule has 4 aromatic rings. The Labute approximate surface area is 263 Å². The Morgan fingerprint density at radius 3 is 2.55 bits per heavy atom. The van der Waals surface area contributed by atoms with E-state index < -0.39 is 0 Å². The van der Waals surface area contributed by atoms with Crippen LogP contribution in [0.15, 0.2) is 76.5 Å². The van der Waals surface area contributed by atoms with Gasteiger partial charge in [0.25, 0.3) is 5.91 Å². The summed E-state index contributed by atoms with van der Waals surface area (Å²) in [6.07, 6.45) is 7.37. The van der Waals surface area contributed by atoms with Crippen LogP contribution in [0.2, 0.25) is 0 Å². The van der Waals surface area contributed by atoms with Gasteiger partial charge in [-0.15, -0.1) is 10.2 Å². The fourth-order valence-corrected chi connectivity index (χ4v) is 6.43. The highest BCUT2D eigenvalue weighted by Crippen LogP contribution is 2.33. The Morgan fingerprint density at radius 1 is 1.00 bits per heavy atom. The molecule has 1 fully saturated rings. The van der Waals surface area contributed by atoms with Gasteiger partial charge in [0.15, 0.2) is 10.9 Å². The van der Waals surface area contributed by atoms with Crippen molar-refractivity contribution in [3.05, 3.63) is 78.1 Å². The molecule has 1 atom stereocenters. The van der Waals surface area contributed by atoms with E-state index in [4.69, 9.17) is 9.15 Å². The van der Waals surface area contributed by atoms with Crippen LogP contribution in [0, 0.1) is 0 Å². The minimum absolute atomic E-state index is 0.0363. The molecular weight excluding hydrogens is 574 g/mol. The van der Waals surface area contributed by atoms with E-state index in [0.29, 0.717) is 66.3 Å². The van der Waals surface area contributed by atoms with Gasteiger partial charge in [0.2, 0.25) is 11.7 Å².